The molecule has 1 unspecified atom stereocenters. The Kier molecular flexibility index (Phi) is 3.53. The first-order valence-electron chi connectivity index (χ1n) is 5.38. The van der Waals surface area contributed by atoms with Crippen LogP contribution >= 0.6 is 0 Å². The summed E-state index contributed by atoms with van der Waals surface area (Å²) in [5, 5.41) is 9.18. The van der Waals surface area contributed by atoms with Crippen LogP contribution in [0.4, 0.5) is 0 Å². The summed E-state index contributed by atoms with van der Waals surface area (Å²) in [4.78, 5) is 13.9. The molecule has 1 atom stereocenters. The maximum atomic E-state index is 12.0. The van der Waals surface area contributed by atoms with Gasteiger partial charge in [-0.15, -0.1) is 0 Å². The number of carbonyl (C=O) groups is 1. The number of likely N-dealkylation sites (tertiary alicyclic amines) is 1. The van der Waals surface area contributed by atoms with Crippen molar-refractivity contribution >= 4 is 5.91 Å². The van der Waals surface area contributed by atoms with E-state index in [2.05, 4.69) is 0 Å². The fourth-order valence-corrected chi connectivity index (χ4v) is 1.89. The van der Waals surface area contributed by atoms with Gasteiger partial charge < -0.3 is 10.0 Å². The predicted octanol–water partition coefficient (Wildman–Crippen LogP) is 1.41. The van der Waals surface area contributed by atoms with Gasteiger partial charge in [0.2, 0.25) is 5.91 Å². The maximum Gasteiger partial charge on any atom is 0.228 e. The van der Waals surface area contributed by atoms with Gasteiger partial charge in [-0.05, 0) is 19.3 Å². The molecule has 0 spiro atoms. The molecule has 1 rings (SSSR count). The molecule has 14 heavy (non-hydrogen) atoms. The molecule has 0 radical (unpaired) electrons. The van der Waals surface area contributed by atoms with Crippen LogP contribution in [-0.2, 0) is 4.79 Å². The molecule has 1 heterocycles. The van der Waals surface area contributed by atoms with Gasteiger partial charge in [0.25, 0.3) is 0 Å². The fourth-order valence-electron chi connectivity index (χ4n) is 1.89. The summed E-state index contributed by atoms with van der Waals surface area (Å²) in [5.74, 6) is 0.163. The van der Waals surface area contributed by atoms with Gasteiger partial charge in [-0.2, -0.15) is 0 Å². The first kappa shape index (κ1) is 11.5. The molecule has 82 valence electrons. The smallest absolute Gasteiger partial charge is 0.228 e. The fraction of sp³-hybridized carbons (Fsp3) is 0.909. The van der Waals surface area contributed by atoms with Crippen molar-refractivity contribution in [3.63, 3.8) is 0 Å². The SMILES string of the molecule is CC(C)(C)C(=O)N1CCCCC1CO. The van der Waals surface area contributed by atoms with Crippen LogP contribution in [0, 0.1) is 5.41 Å². The van der Waals surface area contributed by atoms with Gasteiger partial charge in [0.15, 0.2) is 0 Å². The van der Waals surface area contributed by atoms with Crippen LogP contribution in [0.1, 0.15) is 40.0 Å². The zero-order chi connectivity index (χ0) is 10.8. The van der Waals surface area contributed by atoms with Crippen molar-refractivity contribution < 1.29 is 9.90 Å². The third kappa shape index (κ3) is 2.47. The van der Waals surface area contributed by atoms with Crippen LogP contribution < -0.4 is 0 Å². The van der Waals surface area contributed by atoms with Crippen molar-refractivity contribution in [1.29, 1.82) is 0 Å². The van der Waals surface area contributed by atoms with Gasteiger partial charge in [0, 0.05) is 12.0 Å². The van der Waals surface area contributed by atoms with E-state index in [0.717, 1.165) is 25.8 Å². The van der Waals surface area contributed by atoms with E-state index in [9.17, 15) is 9.90 Å². The molecular weight excluding hydrogens is 178 g/mol. The van der Waals surface area contributed by atoms with E-state index in [-0.39, 0.29) is 24.0 Å². The highest BCUT2D eigenvalue weighted by molar-refractivity contribution is 5.81. The highest BCUT2D eigenvalue weighted by Crippen LogP contribution is 2.24. The number of aliphatic hydroxyl groups is 1. The van der Waals surface area contributed by atoms with Crippen molar-refractivity contribution in [2.45, 2.75) is 46.1 Å². The van der Waals surface area contributed by atoms with Gasteiger partial charge in [-0.25, -0.2) is 0 Å². The molecule has 0 saturated carbocycles. The summed E-state index contributed by atoms with van der Waals surface area (Å²) in [7, 11) is 0. The molecule has 1 aliphatic heterocycles. The molecule has 0 bridgehead atoms. The van der Waals surface area contributed by atoms with Gasteiger partial charge in [0.1, 0.15) is 0 Å². The van der Waals surface area contributed by atoms with Crippen LogP contribution in [0.3, 0.4) is 0 Å². The van der Waals surface area contributed by atoms with E-state index in [0.29, 0.717) is 0 Å². The van der Waals surface area contributed by atoms with E-state index < -0.39 is 0 Å². The number of hydrogen-bond donors (Lipinski definition) is 1. The van der Waals surface area contributed by atoms with Gasteiger partial charge in [-0.1, -0.05) is 20.8 Å². The number of nitrogens with zero attached hydrogens (tertiary/aromatic N) is 1. The third-order valence-corrected chi connectivity index (χ3v) is 2.74. The lowest BCUT2D eigenvalue weighted by atomic mass is 9.91. The third-order valence-electron chi connectivity index (χ3n) is 2.74. The van der Waals surface area contributed by atoms with E-state index in [1.807, 2.05) is 25.7 Å². The molecule has 0 aromatic carbocycles. The molecule has 0 aromatic rings. The van der Waals surface area contributed by atoms with Crippen LogP contribution in [0.25, 0.3) is 0 Å². The molecule has 3 nitrogen and oxygen atoms in total. The molecular formula is C11H21NO2. The number of carbonyl (C=O) groups excluding carboxylic acids is 1. The minimum absolute atomic E-state index is 0.0514. The topological polar surface area (TPSA) is 40.5 Å². The summed E-state index contributed by atoms with van der Waals surface area (Å²) >= 11 is 0. The molecule has 3 heteroatoms. The summed E-state index contributed by atoms with van der Waals surface area (Å²) in [5.41, 5.74) is -0.329. The molecule has 1 fully saturated rings. The van der Waals surface area contributed by atoms with Crippen molar-refractivity contribution in [2.24, 2.45) is 5.41 Å². The minimum Gasteiger partial charge on any atom is -0.394 e. The van der Waals surface area contributed by atoms with Crippen molar-refractivity contribution in [3.8, 4) is 0 Å². The van der Waals surface area contributed by atoms with E-state index in [1.54, 1.807) is 0 Å². The number of rotatable bonds is 1. The Hall–Kier alpha value is -0.570. The second kappa shape index (κ2) is 4.30. The average molecular weight is 199 g/mol. The van der Waals surface area contributed by atoms with Crippen molar-refractivity contribution in [1.82, 2.24) is 4.90 Å². The summed E-state index contributed by atoms with van der Waals surface area (Å²) in [6.45, 7) is 6.69. The van der Waals surface area contributed by atoms with Crippen LogP contribution in [0.5, 0.6) is 0 Å². The molecule has 1 saturated heterocycles. The Balaban J connectivity index is 2.69. The highest BCUT2D eigenvalue weighted by Gasteiger charge is 2.32. The Labute approximate surface area is 86.1 Å². The Morgan fingerprint density at radius 3 is 2.57 bits per heavy atom. The highest BCUT2D eigenvalue weighted by atomic mass is 16.3. The Morgan fingerprint density at radius 1 is 1.43 bits per heavy atom. The zero-order valence-electron chi connectivity index (χ0n) is 9.42. The zero-order valence-corrected chi connectivity index (χ0v) is 9.42. The summed E-state index contributed by atoms with van der Waals surface area (Å²) in [6.07, 6.45) is 3.13. The molecule has 1 aliphatic rings. The first-order chi connectivity index (χ1) is 6.46. The number of piperidine rings is 1. The number of hydrogen-bond acceptors (Lipinski definition) is 2. The maximum absolute atomic E-state index is 12.0. The second-order valence-corrected chi connectivity index (χ2v) is 5.08. The van der Waals surface area contributed by atoms with Gasteiger partial charge >= 0.3 is 0 Å². The van der Waals surface area contributed by atoms with Gasteiger partial charge in [-0.3, -0.25) is 4.79 Å². The standard InChI is InChI=1S/C11H21NO2/c1-11(2,3)10(14)12-7-5-4-6-9(12)8-13/h9,13H,4-8H2,1-3H3. The molecule has 0 aromatic heterocycles. The van der Waals surface area contributed by atoms with Crippen molar-refractivity contribution in [3.05, 3.63) is 0 Å². The Bertz CT molecular complexity index is 208. The van der Waals surface area contributed by atoms with E-state index in [1.165, 1.54) is 0 Å². The lowest BCUT2D eigenvalue weighted by molar-refractivity contribution is -0.144. The first-order valence-corrected chi connectivity index (χ1v) is 5.38. The predicted molar refractivity (Wildman–Crippen MR) is 55.9 cm³/mol. The lowest BCUT2D eigenvalue weighted by Crippen LogP contribution is -2.49. The van der Waals surface area contributed by atoms with Crippen LogP contribution in [0.15, 0.2) is 0 Å². The summed E-state index contributed by atoms with van der Waals surface area (Å²) in [6, 6.07) is 0.0514. The van der Waals surface area contributed by atoms with Gasteiger partial charge in [0.05, 0.1) is 12.6 Å². The minimum atomic E-state index is -0.329. The summed E-state index contributed by atoms with van der Waals surface area (Å²) < 4.78 is 0. The normalized spacial score (nSPS) is 23.7. The largest absolute Gasteiger partial charge is 0.394 e. The molecule has 0 aliphatic carbocycles. The number of amides is 1. The van der Waals surface area contributed by atoms with Crippen LogP contribution in [0.2, 0.25) is 0 Å². The Morgan fingerprint density at radius 2 is 2.07 bits per heavy atom. The van der Waals surface area contributed by atoms with E-state index >= 15 is 0 Å². The number of aliphatic hydroxyl groups excluding tert-OH is 1. The average Bonchev–Trinajstić information content (AvgIpc) is 2.15. The second-order valence-electron chi connectivity index (χ2n) is 5.08. The van der Waals surface area contributed by atoms with Crippen molar-refractivity contribution in [2.75, 3.05) is 13.2 Å². The lowest BCUT2D eigenvalue weighted by Gasteiger charge is -2.38. The van der Waals surface area contributed by atoms with E-state index in [4.69, 9.17) is 0 Å². The molecule has 1 amide bonds. The quantitative estimate of drug-likeness (QED) is 0.693. The van der Waals surface area contributed by atoms with Crippen LogP contribution in [-0.4, -0.2) is 35.1 Å². The molecule has 1 N–H and O–H groups in total. The monoisotopic (exact) mass is 199 g/mol.